The van der Waals surface area contributed by atoms with E-state index in [0.717, 1.165) is 0 Å². The van der Waals surface area contributed by atoms with Gasteiger partial charge in [-0.3, -0.25) is 0 Å². The van der Waals surface area contributed by atoms with Crippen LogP contribution in [-0.2, 0) is 9.84 Å². The van der Waals surface area contributed by atoms with Crippen LogP contribution in [0.5, 0.6) is 0 Å². The molecule has 0 amide bonds. The molecule has 0 bridgehead atoms. The normalized spacial score (nSPS) is 26.5. The zero-order valence-corrected chi connectivity index (χ0v) is 14.1. The Labute approximate surface area is 144 Å². The molecule has 0 unspecified atom stereocenters. The highest BCUT2D eigenvalue weighted by Crippen LogP contribution is 2.55. The molecule has 3 rings (SSSR count). The van der Waals surface area contributed by atoms with Gasteiger partial charge >= 0.3 is 0 Å². The molecule has 2 N–H and O–H groups in total. The topological polar surface area (TPSA) is 83.9 Å². The number of nitrogens with two attached hydrogens (primary N) is 1. The largest absolute Gasteiger partial charge is 0.312 e. The minimum Gasteiger partial charge on any atom is -0.312 e. The molecular weight excluding hydrogens is 355 g/mol. The van der Waals surface area contributed by atoms with Crippen molar-refractivity contribution in [3.63, 3.8) is 0 Å². The zero-order chi connectivity index (χ0) is 16.8. The Kier molecular flexibility index (Phi) is 3.89. The van der Waals surface area contributed by atoms with Crippen LogP contribution in [0, 0.1) is 11.3 Å². The number of benzene rings is 2. The van der Waals surface area contributed by atoms with Crippen molar-refractivity contribution < 1.29 is 8.42 Å². The number of nitrogens with zero attached hydrogens (tertiary/aromatic N) is 1. The first-order chi connectivity index (χ1) is 10.8. The van der Waals surface area contributed by atoms with Crippen LogP contribution in [0.15, 0.2) is 53.4 Å². The van der Waals surface area contributed by atoms with Gasteiger partial charge < -0.3 is 5.73 Å². The van der Waals surface area contributed by atoms with Gasteiger partial charge in [0.15, 0.2) is 9.84 Å². The fraction of sp³-hybridized carbons (Fsp3) is 0.188. The van der Waals surface area contributed by atoms with E-state index in [2.05, 4.69) is 0 Å². The lowest BCUT2D eigenvalue weighted by molar-refractivity contribution is 0.592. The fourth-order valence-corrected chi connectivity index (χ4v) is 5.37. The number of nitriles is 1. The first-order valence-corrected chi connectivity index (χ1v) is 9.06. The summed E-state index contributed by atoms with van der Waals surface area (Å²) < 4.78 is 25.7. The molecule has 4 nitrogen and oxygen atoms in total. The summed E-state index contributed by atoms with van der Waals surface area (Å²) in [5, 5.41) is 9.29. The lowest BCUT2D eigenvalue weighted by Gasteiger charge is -2.04. The van der Waals surface area contributed by atoms with Gasteiger partial charge in [-0.05, 0) is 42.0 Å². The number of halogens is 2. The smallest absolute Gasteiger partial charge is 0.184 e. The number of sulfone groups is 1. The highest BCUT2D eigenvalue weighted by Gasteiger charge is 2.70. The standard InChI is InChI=1S/C16H12Cl2N2O2S/c17-11-4-6-13(7-5-11)23(21,22)15-14(16(15,20)9-19)10-2-1-3-12(18)8-10/h1-8,14-15H,20H2/t14-,15+,16-/m0/s1. The van der Waals surface area contributed by atoms with Crippen molar-refractivity contribution in [3.8, 4) is 6.07 Å². The molecule has 118 valence electrons. The number of hydrogen-bond donors (Lipinski definition) is 1. The molecular formula is C16H12Cl2N2O2S. The van der Waals surface area contributed by atoms with E-state index in [0.29, 0.717) is 15.6 Å². The molecule has 0 saturated heterocycles. The van der Waals surface area contributed by atoms with Crippen molar-refractivity contribution in [3.05, 3.63) is 64.1 Å². The quantitative estimate of drug-likeness (QED) is 0.903. The number of hydrogen-bond acceptors (Lipinski definition) is 4. The van der Waals surface area contributed by atoms with Gasteiger partial charge in [-0.25, -0.2) is 8.42 Å². The third-order valence-electron chi connectivity index (χ3n) is 4.06. The SMILES string of the molecule is N#C[C@@]1(N)[C@H](S(=O)(=O)c2ccc(Cl)cc2)[C@@H]1c1cccc(Cl)c1. The summed E-state index contributed by atoms with van der Waals surface area (Å²) in [6.45, 7) is 0. The van der Waals surface area contributed by atoms with E-state index in [1.165, 1.54) is 24.3 Å². The first-order valence-electron chi connectivity index (χ1n) is 6.76. The predicted octanol–water partition coefficient (Wildman–Crippen LogP) is 3.15. The second kappa shape index (κ2) is 5.50. The maximum Gasteiger partial charge on any atom is 0.184 e. The van der Waals surface area contributed by atoms with Gasteiger partial charge in [0.1, 0.15) is 10.8 Å². The van der Waals surface area contributed by atoms with E-state index in [1.807, 2.05) is 6.07 Å². The van der Waals surface area contributed by atoms with Gasteiger partial charge in [0.05, 0.1) is 11.0 Å². The maximum absolute atomic E-state index is 12.8. The summed E-state index contributed by atoms with van der Waals surface area (Å²) in [4.78, 5) is 0.0986. The third kappa shape index (κ3) is 2.62. The summed E-state index contributed by atoms with van der Waals surface area (Å²) in [5.74, 6) is -0.619. The minimum absolute atomic E-state index is 0.0986. The van der Waals surface area contributed by atoms with Gasteiger partial charge in [-0.15, -0.1) is 0 Å². The van der Waals surface area contributed by atoms with Crippen LogP contribution in [0.1, 0.15) is 11.5 Å². The lowest BCUT2D eigenvalue weighted by Crippen LogP contribution is -2.29. The highest BCUT2D eigenvalue weighted by atomic mass is 35.5. The molecule has 0 heterocycles. The Balaban J connectivity index is 2.05. The highest BCUT2D eigenvalue weighted by molar-refractivity contribution is 7.92. The summed E-state index contributed by atoms with van der Waals surface area (Å²) in [7, 11) is -3.76. The van der Waals surface area contributed by atoms with Gasteiger partial charge in [0.2, 0.25) is 0 Å². The Morgan fingerprint density at radius 1 is 1.09 bits per heavy atom. The van der Waals surface area contributed by atoms with Gasteiger partial charge in [0, 0.05) is 16.0 Å². The maximum atomic E-state index is 12.8. The van der Waals surface area contributed by atoms with E-state index in [4.69, 9.17) is 28.9 Å². The van der Waals surface area contributed by atoms with Crippen molar-refractivity contribution >= 4 is 33.0 Å². The summed E-state index contributed by atoms with van der Waals surface area (Å²) in [5.41, 5.74) is 5.23. The fourth-order valence-electron chi connectivity index (χ4n) is 2.86. The molecule has 2 aromatic rings. The second-order valence-electron chi connectivity index (χ2n) is 5.50. The van der Waals surface area contributed by atoms with Crippen LogP contribution in [0.25, 0.3) is 0 Å². The van der Waals surface area contributed by atoms with E-state index in [-0.39, 0.29) is 4.90 Å². The summed E-state index contributed by atoms with van der Waals surface area (Å²) >= 11 is 11.8. The molecule has 1 fully saturated rings. The molecule has 7 heteroatoms. The Morgan fingerprint density at radius 2 is 1.74 bits per heavy atom. The molecule has 1 aliphatic carbocycles. The molecule has 0 spiro atoms. The van der Waals surface area contributed by atoms with Crippen molar-refractivity contribution in [2.75, 3.05) is 0 Å². The van der Waals surface area contributed by atoms with Crippen LogP contribution in [-0.4, -0.2) is 19.2 Å². The van der Waals surface area contributed by atoms with Crippen LogP contribution >= 0.6 is 23.2 Å². The van der Waals surface area contributed by atoms with Crippen molar-refractivity contribution in [2.45, 2.75) is 21.6 Å². The first kappa shape index (κ1) is 16.3. The molecule has 23 heavy (non-hydrogen) atoms. The van der Waals surface area contributed by atoms with E-state index < -0.39 is 26.5 Å². The molecule has 1 saturated carbocycles. The van der Waals surface area contributed by atoms with E-state index >= 15 is 0 Å². The molecule has 3 atom stereocenters. The van der Waals surface area contributed by atoms with Gasteiger partial charge in [-0.2, -0.15) is 5.26 Å². The molecule has 0 aromatic heterocycles. The Bertz CT molecular complexity index is 906. The summed E-state index contributed by atoms with van der Waals surface area (Å²) in [6.07, 6.45) is 0. The van der Waals surface area contributed by atoms with Crippen LogP contribution in [0.4, 0.5) is 0 Å². The summed E-state index contributed by atoms with van der Waals surface area (Å²) in [6, 6.07) is 14.5. The van der Waals surface area contributed by atoms with Crippen molar-refractivity contribution in [1.29, 1.82) is 5.26 Å². The molecule has 2 aromatic carbocycles. The Morgan fingerprint density at radius 3 is 2.30 bits per heavy atom. The molecule has 0 radical (unpaired) electrons. The molecule has 1 aliphatic rings. The van der Waals surface area contributed by atoms with Gasteiger partial charge in [-0.1, -0.05) is 35.3 Å². The average Bonchev–Trinajstić information content (AvgIpc) is 3.15. The average molecular weight is 367 g/mol. The monoisotopic (exact) mass is 366 g/mol. The van der Waals surface area contributed by atoms with Crippen LogP contribution in [0.3, 0.4) is 0 Å². The van der Waals surface area contributed by atoms with Crippen LogP contribution < -0.4 is 5.73 Å². The Hall–Kier alpha value is -1.58. The number of rotatable bonds is 3. The zero-order valence-electron chi connectivity index (χ0n) is 11.8. The third-order valence-corrected chi connectivity index (χ3v) is 6.80. The van der Waals surface area contributed by atoms with Crippen LogP contribution in [0.2, 0.25) is 10.0 Å². The predicted molar refractivity (Wildman–Crippen MR) is 89.2 cm³/mol. The second-order valence-corrected chi connectivity index (χ2v) is 8.44. The van der Waals surface area contributed by atoms with E-state index in [9.17, 15) is 13.7 Å². The van der Waals surface area contributed by atoms with Gasteiger partial charge in [0.25, 0.3) is 0 Å². The van der Waals surface area contributed by atoms with Crippen molar-refractivity contribution in [1.82, 2.24) is 0 Å². The van der Waals surface area contributed by atoms with E-state index in [1.54, 1.807) is 24.3 Å². The lowest BCUT2D eigenvalue weighted by atomic mass is 10.1. The minimum atomic E-state index is -3.76. The van der Waals surface area contributed by atoms with Crippen molar-refractivity contribution in [2.24, 2.45) is 5.73 Å². The molecule has 0 aliphatic heterocycles.